The number of benzene rings is 1. The van der Waals surface area contributed by atoms with Crippen molar-refractivity contribution in [2.75, 3.05) is 0 Å². The van der Waals surface area contributed by atoms with Crippen LogP contribution in [0.25, 0.3) is 22.6 Å². The van der Waals surface area contributed by atoms with E-state index in [-0.39, 0.29) is 0 Å². The number of aryl methyl sites for hydroxylation is 2. The van der Waals surface area contributed by atoms with E-state index in [1.165, 1.54) is 5.56 Å². The fourth-order valence-electron chi connectivity index (χ4n) is 1.72. The first kappa shape index (κ1) is 9.15. The van der Waals surface area contributed by atoms with Crippen molar-refractivity contribution < 1.29 is 4.52 Å². The SMILES string of the molecule is Cc1ccc2nc(-c3cc(C)on3)[nH]c2c1. The summed E-state index contributed by atoms with van der Waals surface area (Å²) >= 11 is 0. The second kappa shape index (κ2) is 3.20. The van der Waals surface area contributed by atoms with Crippen molar-refractivity contribution in [1.82, 2.24) is 15.1 Å². The summed E-state index contributed by atoms with van der Waals surface area (Å²) < 4.78 is 5.03. The van der Waals surface area contributed by atoms with Gasteiger partial charge in [0.2, 0.25) is 0 Å². The number of nitrogens with one attached hydrogen (secondary N) is 1. The third kappa shape index (κ3) is 1.39. The highest BCUT2D eigenvalue weighted by Gasteiger charge is 2.08. The van der Waals surface area contributed by atoms with Gasteiger partial charge in [-0.05, 0) is 31.5 Å². The second-order valence-electron chi connectivity index (χ2n) is 3.93. The summed E-state index contributed by atoms with van der Waals surface area (Å²) in [5.74, 6) is 1.53. The fraction of sp³-hybridized carbons (Fsp3) is 0.167. The molecular weight excluding hydrogens is 202 g/mol. The Bertz CT molecular complexity index is 651. The Labute approximate surface area is 92.3 Å². The minimum Gasteiger partial charge on any atom is -0.361 e. The van der Waals surface area contributed by atoms with Gasteiger partial charge >= 0.3 is 0 Å². The summed E-state index contributed by atoms with van der Waals surface area (Å²) in [6.07, 6.45) is 0. The monoisotopic (exact) mass is 213 g/mol. The average Bonchev–Trinajstić information content (AvgIpc) is 2.83. The Morgan fingerprint density at radius 2 is 2.06 bits per heavy atom. The maximum atomic E-state index is 5.03. The van der Waals surface area contributed by atoms with Crippen LogP contribution in [0.15, 0.2) is 28.8 Å². The summed E-state index contributed by atoms with van der Waals surface area (Å²) in [6, 6.07) is 7.97. The van der Waals surface area contributed by atoms with E-state index in [2.05, 4.69) is 28.1 Å². The topological polar surface area (TPSA) is 54.7 Å². The molecule has 0 aliphatic carbocycles. The molecule has 4 heteroatoms. The average molecular weight is 213 g/mol. The van der Waals surface area contributed by atoms with Gasteiger partial charge in [-0.25, -0.2) is 4.98 Å². The van der Waals surface area contributed by atoms with E-state index >= 15 is 0 Å². The number of imidazole rings is 1. The van der Waals surface area contributed by atoms with Crippen LogP contribution in [0, 0.1) is 13.8 Å². The van der Waals surface area contributed by atoms with Gasteiger partial charge in [-0.15, -0.1) is 0 Å². The predicted molar refractivity (Wildman–Crippen MR) is 61.1 cm³/mol. The molecule has 0 aliphatic rings. The van der Waals surface area contributed by atoms with E-state index in [9.17, 15) is 0 Å². The van der Waals surface area contributed by atoms with Crippen molar-refractivity contribution in [1.29, 1.82) is 0 Å². The molecule has 0 saturated heterocycles. The van der Waals surface area contributed by atoms with Gasteiger partial charge < -0.3 is 9.51 Å². The summed E-state index contributed by atoms with van der Waals surface area (Å²) in [7, 11) is 0. The van der Waals surface area contributed by atoms with Crippen LogP contribution in [-0.2, 0) is 0 Å². The summed E-state index contributed by atoms with van der Waals surface area (Å²) in [5, 5.41) is 3.93. The third-order valence-electron chi connectivity index (χ3n) is 2.51. The van der Waals surface area contributed by atoms with E-state index in [4.69, 9.17) is 4.52 Å². The Morgan fingerprint density at radius 3 is 2.81 bits per heavy atom. The van der Waals surface area contributed by atoms with Crippen molar-refractivity contribution in [3.8, 4) is 11.5 Å². The van der Waals surface area contributed by atoms with Crippen LogP contribution in [0.5, 0.6) is 0 Å². The molecule has 2 aromatic heterocycles. The van der Waals surface area contributed by atoms with E-state index in [0.717, 1.165) is 28.3 Å². The van der Waals surface area contributed by atoms with Crippen LogP contribution in [0.4, 0.5) is 0 Å². The summed E-state index contributed by atoms with van der Waals surface area (Å²) in [5.41, 5.74) is 3.92. The molecule has 0 aliphatic heterocycles. The van der Waals surface area contributed by atoms with Gasteiger partial charge in [0, 0.05) is 6.07 Å². The lowest BCUT2D eigenvalue weighted by molar-refractivity contribution is 0.399. The van der Waals surface area contributed by atoms with Gasteiger partial charge in [-0.1, -0.05) is 11.2 Å². The lowest BCUT2D eigenvalue weighted by atomic mass is 10.2. The van der Waals surface area contributed by atoms with Crippen LogP contribution in [-0.4, -0.2) is 15.1 Å². The van der Waals surface area contributed by atoms with Crippen molar-refractivity contribution in [3.63, 3.8) is 0 Å². The van der Waals surface area contributed by atoms with Crippen LogP contribution in [0.1, 0.15) is 11.3 Å². The Morgan fingerprint density at radius 1 is 1.19 bits per heavy atom. The van der Waals surface area contributed by atoms with Gasteiger partial charge in [0.05, 0.1) is 11.0 Å². The number of hydrogen-bond acceptors (Lipinski definition) is 3. The molecule has 80 valence electrons. The largest absolute Gasteiger partial charge is 0.361 e. The molecule has 0 unspecified atom stereocenters. The van der Waals surface area contributed by atoms with E-state index < -0.39 is 0 Å². The number of hydrogen-bond donors (Lipinski definition) is 1. The quantitative estimate of drug-likeness (QED) is 0.676. The lowest BCUT2D eigenvalue weighted by Gasteiger charge is -1.89. The number of aromatic amines is 1. The highest BCUT2D eigenvalue weighted by atomic mass is 16.5. The molecule has 3 rings (SSSR count). The zero-order valence-electron chi connectivity index (χ0n) is 9.11. The van der Waals surface area contributed by atoms with Gasteiger partial charge in [-0.2, -0.15) is 0 Å². The van der Waals surface area contributed by atoms with Gasteiger partial charge in [0.15, 0.2) is 5.82 Å². The Hall–Kier alpha value is -2.10. The Balaban J connectivity index is 2.18. The molecule has 0 bridgehead atoms. The highest BCUT2D eigenvalue weighted by molar-refractivity contribution is 5.79. The van der Waals surface area contributed by atoms with Gasteiger partial charge in [0.1, 0.15) is 11.5 Å². The molecular formula is C12H11N3O. The molecule has 0 radical (unpaired) electrons. The number of H-pyrrole nitrogens is 1. The number of fused-ring (bicyclic) bond motifs is 1. The Kier molecular flexibility index (Phi) is 1.83. The second-order valence-corrected chi connectivity index (χ2v) is 3.93. The molecule has 0 amide bonds. The van der Waals surface area contributed by atoms with Crippen LogP contribution >= 0.6 is 0 Å². The molecule has 1 N–H and O–H groups in total. The van der Waals surface area contributed by atoms with Crippen LogP contribution < -0.4 is 0 Å². The maximum Gasteiger partial charge on any atom is 0.160 e. The van der Waals surface area contributed by atoms with Crippen molar-refractivity contribution in [2.45, 2.75) is 13.8 Å². The highest BCUT2D eigenvalue weighted by Crippen LogP contribution is 2.20. The zero-order chi connectivity index (χ0) is 11.1. The number of rotatable bonds is 1. The molecule has 0 saturated carbocycles. The molecule has 16 heavy (non-hydrogen) atoms. The maximum absolute atomic E-state index is 5.03. The molecule has 3 aromatic rings. The molecule has 1 aromatic carbocycles. The standard InChI is InChI=1S/C12H11N3O/c1-7-3-4-9-10(5-7)14-12(13-9)11-6-8(2)16-15-11/h3-6H,1-2H3,(H,13,14). The zero-order valence-corrected chi connectivity index (χ0v) is 9.11. The normalized spacial score (nSPS) is 11.1. The molecule has 4 nitrogen and oxygen atoms in total. The van der Waals surface area contributed by atoms with E-state index in [1.54, 1.807) is 0 Å². The molecule has 0 atom stereocenters. The molecule has 0 spiro atoms. The van der Waals surface area contributed by atoms with Gasteiger partial charge in [0.25, 0.3) is 0 Å². The summed E-state index contributed by atoms with van der Waals surface area (Å²) in [4.78, 5) is 7.69. The van der Waals surface area contributed by atoms with Gasteiger partial charge in [-0.3, -0.25) is 0 Å². The van der Waals surface area contributed by atoms with Crippen LogP contribution in [0.3, 0.4) is 0 Å². The van der Waals surface area contributed by atoms with Crippen LogP contribution in [0.2, 0.25) is 0 Å². The minimum absolute atomic E-state index is 0.742. The fourth-order valence-corrected chi connectivity index (χ4v) is 1.72. The predicted octanol–water partition coefficient (Wildman–Crippen LogP) is 2.83. The van der Waals surface area contributed by atoms with Crippen molar-refractivity contribution in [3.05, 3.63) is 35.6 Å². The van der Waals surface area contributed by atoms with Crippen molar-refractivity contribution in [2.24, 2.45) is 0 Å². The smallest absolute Gasteiger partial charge is 0.160 e. The number of aromatic nitrogens is 3. The minimum atomic E-state index is 0.742. The molecule has 2 heterocycles. The third-order valence-corrected chi connectivity index (χ3v) is 2.51. The summed E-state index contributed by atoms with van der Waals surface area (Å²) in [6.45, 7) is 3.92. The lowest BCUT2D eigenvalue weighted by Crippen LogP contribution is -1.77. The number of nitrogens with zero attached hydrogens (tertiary/aromatic N) is 2. The van der Waals surface area contributed by atoms with E-state index in [0.29, 0.717) is 0 Å². The van der Waals surface area contributed by atoms with Crippen molar-refractivity contribution >= 4 is 11.0 Å². The molecule has 0 fully saturated rings. The first-order valence-corrected chi connectivity index (χ1v) is 5.12. The van der Waals surface area contributed by atoms with E-state index in [1.807, 2.05) is 25.1 Å². The first-order chi connectivity index (χ1) is 7.72. The first-order valence-electron chi connectivity index (χ1n) is 5.12.